The summed E-state index contributed by atoms with van der Waals surface area (Å²) < 4.78 is 54.5. The minimum atomic E-state index is -4.43. The second-order valence-corrected chi connectivity index (χ2v) is 9.94. The molecule has 6 rings (SSSR count). The van der Waals surface area contributed by atoms with Crippen LogP contribution in [0.2, 0.25) is 0 Å². The summed E-state index contributed by atoms with van der Waals surface area (Å²) in [5, 5.41) is 8.15. The van der Waals surface area contributed by atoms with Crippen LogP contribution in [0.25, 0.3) is 22.3 Å². The Balaban J connectivity index is 1.42. The zero-order valence-corrected chi connectivity index (χ0v) is 19.4. The number of hydrogen-bond acceptors (Lipinski definition) is 5. The molecule has 0 aliphatic carbocycles. The van der Waals surface area contributed by atoms with Gasteiger partial charge in [-0.25, -0.2) is 4.39 Å². The van der Waals surface area contributed by atoms with Crippen LogP contribution >= 0.6 is 0 Å². The first-order chi connectivity index (χ1) is 17.2. The summed E-state index contributed by atoms with van der Waals surface area (Å²) in [7, 11) is 0. The Morgan fingerprint density at radius 2 is 1.86 bits per heavy atom. The highest BCUT2D eigenvalue weighted by atomic mass is 19.4. The van der Waals surface area contributed by atoms with E-state index < -0.39 is 23.5 Å². The van der Waals surface area contributed by atoms with E-state index in [2.05, 4.69) is 21.8 Å². The van der Waals surface area contributed by atoms with E-state index >= 15 is 0 Å². The zero-order valence-electron chi connectivity index (χ0n) is 19.4. The number of hydrogen-bond donors (Lipinski definition) is 1. The van der Waals surface area contributed by atoms with E-state index in [1.807, 2.05) is 6.07 Å². The Kier molecular flexibility index (Phi) is 5.12. The summed E-state index contributed by atoms with van der Waals surface area (Å²) in [5.74, 6) is -1.76. The Bertz CT molecular complexity index is 1360. The van der Waals surface area contributed by atoms with Gasteiger partial charge < -0.3 is 15.1 Å². The third-order valence-electron chi connectivity index (χ3n) is 7.56. The second-order valence-electron chi connectivity index (χ2n) is 9.94. The van der Waals surface area contributed by atoms with Crippen LogP contribution in [0.3, 0.4) is 0 Å². The summed E-state index contributed by atoms with van der Waals surface area (Å²) in [4.78, 5) is 20.2. The highest BCUT2D eigenvalue weighted by Gasteiger charge is 2.44. The largest absolute Gasteiger partial charge is 0.416 e. The zero-order chi connectivity index (χ0) is 25.2. The first-order valence-electron chi connectivity index (χ1n) is 11.8. The summed E-state index contributed by atoms with van der Waals surface area (Å²) >= 11 is 0. The molecule has 188 valence electrons. The molecule has 0 saturated carbocycles. The number of alkyl halides is 3. The monoisotopic (exact) mass is 500 g/mol. The van der Waals surface area contributed by atoms with Crippen molar-refractivity contribution in [2.45, 2.75) is 18.6 Å². The van der Waals surface area contributed by atoms with Crippen molar-refractivity contribution < 1.29 is 22.4 Å². The molecule has 7 nitrogen and oxygen atoms in total. The number of aromatic nitrogens is 3. The molecule has 3 aliphatic heterocycles. The van der Waals surface area contributed by atoms with Crippen LogP contribution < -0.4 is 10.2 Å². The van der Waals surface area contributed by atoms with Crippen LogP contribution in [0.1, 0.15) is 18.0 Å². The van der Waals surface area contributed by atoms with Gasteiger partial charge in [-0.2, -0.15) is 18.3 Å². The molecule has 1 spiro atoms. The van der Waals surface area contributed by atoms with E-state index in [0.29, 0.717) is 16.8 Å². The van der Waals surface area contributed by atoms with E-state index in [4.69, 9.17) is 5.10 Å². The number of rotatable bonds is 4. The van der Waals surface area contributed by atoms with Gasteiger partial charge in [-0.15, -0.1) is 0 Å². The van der Waals surface area contributed by atoms with Gasteiger partial charge in [0.1, 0.15) is 16.7 Å². The van der Waals surface area contributed by atoms with Crippen molar-refractivity contribution >= 4 is 22.6 Å². The Morgan fingerprint density at radius 1 is 1.14 bits per heavy atom. The Morgan fingerprint density at radius 3 is 2.44 bits per heavy atom. The molecule has 3 saturated heterocycles. The van der Waals surface area contributed by atoms with Gasteiger partial charge in [0.25, 0.3) is 5.91 Å². The van der Waals surface area contributed by atoms with E-state index in [-0.39, 0.29) is 24.5 Å². The van der Waals surface area contributed by atoms with Crippen molar-refractivity contribution in [1.29, 1.82) is 0 Å². The van der Waals surface area contributed by atoms with E-state index in [1.54, 1.807) is 10.9 Å². The molecular formula is C25H24F4N6O. The molecule has 36 heavy (non-hydrogen) atoms. The fraction of sp³-hybridized carbons (Fsp3) is 0.400. The number of nitrogens with zero attached hydrogens (tertiary/aromatic N) is 5. The molecule has 3 aliphatic rings. The molecule has 1 amide bonds. The number of likely N-dealkylation sites (tertiary alicyclic amines) is 1. The molecule has 0 unspecified atom stereocenters. The molecule has 1 aromatic carbocycles. The number of amides is 1. The SMILES string of the molecule is C=C(F)C(=O)N1CC(n2nc(-c3ccc(C(F)(F)F)cc3)c3nccc(N4CCC5(CNC5)C4)c32)C1. The molecule has 1 N–H and O–H groups in total. The second kappa shape index (κ2) is 8.02. The van der Waals surface area contributed by atoms with Gasteiger partial charge >= 0.3 is 6.18 Å². The van der Waals surface area contributed by atoms with Crippen LogP contribution in [-0.2, 0) is 11.0 Å². The smallest absolute Gasteiger partial charge is 0.369 e. The number of pyridine rings is 1. The molecular weight excluding hydrogens is 476 g/mol. The van der Waals surface area contributed by atoms with Crippen LogP contribution in [0.5, 0.6) is 0 Å². The van der Waals surface area contributed by atoms with Gasteiger partial charge in [-0.3, -0.25) is 14.5 Å². The lowest BCUT2D eigenvalue weighted by atomic mass is 9.81. The lowest BCUT2D eigenvalue weighted by Gasteiger charge is -2.40. The Hall–Kier alpha value is -3.47. The van der Waals surface area contributed by atoms with Crippen molar-refractivity contribution in [3.8, 4) is 11.3 Å². The number of nitrogens with one attached hydrogen (secondary N) is 1. The number of halogens is 4. The van der Waals surface area contributed by atoms with Gasteiger partial charge in [-0.1, -0.05) is 18.7 Å². The predicted molar refractivity (Wildman–Crippen MR) is 126 cm³/mol. The third kappa shape index (κ3) is 3.64. The van der Waals surface area contributed by atoms with Crippen LogP contribution in [0.4, 0.5) is 23.2 Å². The first-order valence-corrected chi connectivity index (χ1v) is 11.8. The van der Waals surface area contributed by atoms with Crippen molar-refractivity contribution in [2.75, 3.05) is 44.2 Å². The summed E-state index contributed by atoms with van der Waals surface area (Å²) in [5.41, 5.74) is 2.81. The maximum absolute atomic E-state index is 13.4. The Labute approximate surface area is 204 Å². The molecule has 3 aromatic rings. The highest BCUT2D eigenvalue weighted by molar-refractivity contribution is 5.98. The minimum Gasteiger partial charge on any atom is -0.369 e. The minimum absolute atomic E-state index is 0.219. The number of fused-ring (bicyclic) bond motifs is 1. The molecule has 0 atom stereocenters. The number of anilines is 1. The molecule has 0 radical (unpaired) electrons. The normalized spacial score (nSPS) is 19.6. The van der Waals surface area contributed by atoms with Crippen molar-refractivity contribution in [3.63, 3.8) is 0 Å². The van der Waals surface area contributed by atoms with E-state index in [1.165, 1.54) is 17.0 Å². The van der Waals surface area contributed by atoms with Crippen LogP contribution in [0, 0.1) is 5.41 Å². The van der Waals surface area contributed by atoms with Crippen LogP contribution in [-0.4, -0.2) is 64.8 Å². The molecule has 2 aromatic heterocycles. The van der Waals surface area contributed by atoms with Crippen molar-refractivity contribution in [2.24, 2.45) is 5.41 Å². The van der Waals surface area contributed by atoms with Crippen LogP contribution in [0.15, 0.2) is 48.9 Å². The van der Waals surface area contributed by atoms with Gasteiger partial charge in [0.15, 0.2) is 5.83 Å². The lowest BCUT2D eigenvalue weighted by Crippen LogP contribution is -2.54. The molecule has 11 heteroatoms. The standard InChI is InChI=1S/C25H24F4N6O/c1-15(26)23(36)34-10-18(11-34)35-22-19(33-9-7-24(14-33)12-30-13-24)6-8-31-21(22)20(32-35)16-2-4-17(5-3-16)25(27,28)29/h2-6,8,18,30H,1,7,9-14H2. The van der Waals surface area contributed by atoms with Gasteiger partial charge in [-0.05, 0) is 24.6 Å². The van der Waals surface area contributed by atoms with Gasteiger partial charge in [0.05, 0.1) is 17.3 Å². The maximum atomic E-state index is 13.4. The summed E-state index contributed by atoms with van der Waals surface area (Å²) in [6.07, 6.45) is -1.67. The van der Waals surface area contributed by atoms with Gasteiger partial charge in [0, 0.05) is 56.4 Å². The number of benzene rings is 1. The first kappa shape index (κ1) is 23.0. The van der Waals surface area contributed by atoms with Gasteiger partial charge in [0.2, 0.25) is 0 Å². The highest BCUT2D eigenvalue weighted by Crippen LogP contribution is 2.42. The average molecular weight is 501 g/mol. The number of carbonyl (C=O) groups is 1. The topological polar surface area (TPSA) is 66.3 Å². The quantitative estimate of drug-likeness (QED) is 0.436. The summed E-state index contributed by atoms with van der Waals surface area (Å²) in [6, 6.07) is 6.59. The van der Waals surface area contributed by atoms with Crippen molar-refractivity contribution in [1.82, 2.24) is 25.0 Å². The van der Waals surface area contributed by atoms with Crippen molar-refractivity contribution in [3.05, 3.63) is 54.5 Å². The summed E-state index contributed by atoms with van der Waals surface area (Å²) in [6.45, 7) is 7.30. The van der Waals surface area contributed by atoms with E-state index in [0.717, 1.165) is 55.9 Å². The number of carbonyl (C=O) groups excluding carboxylic acids is 1. The predicted octanol–water partition coefficient (Wildman–Crippen LogP) is 3.78. The molecule has 5 heterocycles. The maximum Gasteiger partial charge on any atom is 0.416 e. The lowest BCUT2D eigenvalue weighted by molar-refractivity contribution is -0.137. The van der Waals surface area contributed by atoms with E-state index in [9.17, 15) is 22.4 Å². The average Bonchev–Trinajstić information content (AvgIpc) is 3.41. The fourth-order valence-electron chi connectivity index (χ4n) is 5.43. The third-order valence-corrected chi connectivity index (χ3v) is 7.56. The fourth-order valence-corrected chi connectivity index (χ4v) is 5.43. The molecule has 3 fully saturated rings. The molecule has 0 bridgehead atoms.